The van der Waals surface area contributed by atoms with Crippen LogP contribution in [0.15, 0.2) is 48.5 Å². The van der Waals surface area contributed by atoms with Crippen LogP contribution in [0, 0.1) is 35.5 Å². The number of methoxy groups -OCH3 is 2. The van der Waals surface area contributed by atoms with Crippen LogP contribution >= 0.6 is 11.6 Å². The molecule has 3 fully saturated rings. The quantitative estimate of drug-likeness (QED) is 0.0167. The van der Waals surface area contributed by atoms with Gasteiger partial charge in [0.1, 0.15) is 18.1 Å². The number of aliphatic hydroxyl groups excluding tert-OH is 1. The van der Waals surface area contributed by atoms with E-state index in [1.54, 1.807) is 60.1 Å². The summed E-state index contributed by atoms with van der Waals surface area (Å²) >= 11 is 4.81. The number of hydrogen-bond donors (Lipinski definition) is 7. The van der Waals surface area contributed by atoms with Gasteiger partial charge in [-0.2, -0.15) is 0 Å². The fraction of sp³-hybridized carbons (Fsp3) is 0.600. The minimum absolute atomic E-state index is 0. The van der Waals surface area contributed by atoms with E-state index in [9.17, 15) is 53.1 Å². The molecule has 4 amide bonds. The molecule has 7 N–H and O–H groups in total. The molecule has 3 aliphatic heterocycles. The number of benzene rings is 2. The Morgan fingerprint density at radius 3 is 1.40 bits per heavy atom. The predicted octanol–water partition coefficient (Wildman–Crippen LogP) is 8.53. The van der Waals surface area contributed by atoms with Crippen molar-refractivity contribution >= 4 is 91.8 Å². The lowest BCUT2D eigenvalue weighted by molar-refractivity contribution is -0.133. The van der Waals surface area contributed by atoms with Crippen molar-refractivity contribution in [2.45, 2.75) is 146 Å². The van der Waals surface area contributed by atoms with Crippen LogP contribution in [0.4, 0.5) is 9.59 Å². The van der Waals surface area contributed by atoms with Crippen molar-refractivity contribution in [3.63, 3.8) is 0 Å². The third-order valence-corrected chi connectivity index (χ3v) is 14.7. The summed E-state index contributed by atoms with van der Waals surface area (Å²) in [4.78, 5) is 133. The summed E-state index contributed by atoms with van der Waals surface area (Å²) < 4.78 is 30.0. The Hall–Kier alpha value is -7.41. The van der Waals surface area contributed by atoms with Crippen molar-refractivity contribution in [3.8, 4) is 11.5 Å². The highest BCUT2D eigenvalue weighted by Gasteiger charge is 2.36. The number of amides is 4. The van der Waals surface area contributed by atoms with E-state index in [1.165, 1.54) is 0 Å². The highest BCUT2D eigenvalue weighted by molar-refractivity contribution is 6.61. The van der Waals surface area contributed by atoms with Crippen LogP contribution in [0.3, 0.4) is 0 Å². The molecule has 90 heavy (non-hydrogen) atoms. The van der Waals surface area contributed by atoms with Crippen molar-refractivity contribution in [1.29, 1.82) is 0 Å². The summed E-state index contributed by atoms with van der Waals surface area (Å²) in [5, 5.41) is 21.8. The predicted molar refractivity (Wildman–Crippen MR) is 343 cm³/mol. The van der Waals surface area contributed by atoms with Crippen LogP contribution in [-0.4, -0.2) is 176 Å². The third-order valence-electron chi connectivity index (χ3n) is 14.6. The summed E-state index contributed by atoms with van der Waals surface area (Å²) in [5.41, 5.74) is 1.50. The number of rotatable bonds is 27. The van der Waals surface area contributed by atoms with Gasteiger partial charge in [-0.1, -0.05) is 54.7 Å². The molecule has 0 spiro atoms. The number of halogens is 1. The second-order valence-electron chi connectivity index (χ2n) is 23.4. The largest absolute Gasteiger partial charge is 0.508 e. The first-order valence-electron chi connectivity index (χ1n) is 29.9. The normalized spacial score (nSPS) is 16.6. The Labute approximate surface area is 534 Å². The minimum atomic E-state index is -1.07. The molecule has 25 heteroatoms. The van der Waals surface area contributed by atoms with Gasteiger partial charge in [0.15, 0.2) is 29.7 Å². The first-order chi connectivity index (χ1) is 41.7. The number of H-pyrrole nitrogens is 2. The van der Waals surface area contributed by atoms with E-state index >= 15 is 0 Å². The van der Waals surface area contributed by atoms with E-state index in [-0.39, 0.29) is 81.9 Å². The number of aliphatic hydroxyl groups is 1. The fourth-order valence-corrected chi connectivity index (χ4v) is 10.3. The number of fused-ring (bicyclic) bond motifs is 2. The Morgan fingerprint density at radius 1 is 0.656 bits per heavy atom. The molecule has 5 heterocycles. The summed E-state index contributed by atoms with van der Waals surface area (Å²) in [7, 11) is 5.23. The molecule has 0 bridgehead atoms. The zero-order chi connectivity index (χ0) is 65.2. The molecular weight excluding hydrogens is 1190 g/mol. The first kappa shape index (κ1) is 78.7. The number of likely N-dealkylation sites (N-methyl/N-ethyl adjacent to an activating group) is 1. The van der Waals surface area contributed by atoms with E-state index in [4.69, 9.17) is 35.3 Å². The Balaban J connectivity index is 0.000000497. The van der Waals surface area contributed by atoms with Gasteiger partial charge in [0.25, 0.3) is 0 Å². The number of morpholine rings is 1. The van der Waals surface area contributed by atoms with Gasteiger partial charge < -0.3 is 69.7 Å². The number of carbonyl (C=O) groups excluding carboxylic acids is 10. The second kappa shape index (κ2) is 39.7. The van der Waals surface area contributed by atoms with Crippen molar-refractivity contribution in [2.75, 3.05) is 73.9 Å². The highest BCUT2D eigenvalue weighted by atomic mass is 35.5. The number of aromatic nitrogens is 2. The van der Waals surface area contributed by atoms with Crippen molar-refractivity contribution < 1.29 is 81.5 Å². The lowest BCUT2D eigenvalue weighted by Crippen LogP contribution is -2.47. The molecule has 6 atom stereocenters. The van der Waals surface area contributed by atoms with Crippen LogP contribution in [0.25, 0.3) is 21.8 Å². The van der Waals surface area contributed by atoms with Crippen LogP contribution in [0.5, 0.6) is 11.5 Å². The SMILES string of the molecule is C.C.CC(C)OC(=O)Cl.CN1CCOCC1.COc1cccc2[nH]c(C(=O)C[C@@H](CC(C)C)C(=O)N[C@@H](C[C@@H]3CCNC3=O)C(=O)CO)cc12.COc1cccc2[nH]c(C(=O)C[C@@H](CC(C)C)C(=O)N[C@@H](C[C@@H]3CCNC3=O)C(=O)COC(=O)OC(C)C)cc12. The Kier molecular flexibility index (Phi) is 34.7. The maximum absolute atomic E-state index is 13.5. The number of nitrogens with zero attached hydrogens (tertiary/aromatic N) is 1. The topological polar surface area (TPSA) is 329 Å². The molecule has 502 valence electrons. The summed E-state index contributed by atoms with van der Waals surface area (Å²) in [5.74, 6) is -3.60. The molecule has 7 rings (SSSR count). The molecule has 3 aliphatic rings. The maximum atomic E-state index is 13.5. The molecule has 0 radical (unpaired) electrons. The molecular formula is C65H98ClN7O17. The minimum Gasteiger partial charge on any atom is -0.496 e. The lowest BCUT2D eigenvalue weighted by atomic mass is 9.89. The van der Waals surface area contributed by atoms with Gasteiger partial charge in [-0.25, -0.2) is 9.59 Å². The van der Waals surface area contributed by atoms with E-state index in [2.05, 4.69) is 47.9 Å². The van der Waals surface area contributed by atoms with Crippen LogP contribution in [-0.2, 0) is 47.7 Å². The number of Topliss-reactive ketones (excluding diaryl/α,β-unsaturated/α-hetero) is 4. The summed E-state index contributed by atoms with van der Waals surface area (Å²) in [6, 6.07) is 12.3. The molecule has 2 aromatic carbocycles. The second-order valence-corrected chi connectivity index (χ2v) is 23.7. The monoisotopic (exact) mass is 1280 g/mol. The molecule has 0 aliphatic carbocycles. The van der Waals surface area contributed by atoms with Gasteiger partial charge in [0.05, 0.1) is 63.1 Å². The maximum Gasteiger partial charge on any atom is 0.508 e. The van der Waals surface area contributed by atoms with E-state index in [1.807, 2.05) is 58.0 Å². The molecule has 3 saturated heterocycles. The summed E-state index contributed by atoms with van der Waals surface area (Å²) in [6.07, 6.45) is 0.486. The van der Waals surface area contributed by atoms with Gasteiger partial charge in [-0.3, -0.25) is 38.4 Å². The average molecular weight is 1280 g/mol. The van der Waals surface area contributed by atoms with Gasteiger partial charge >= 0.3 is 11.6 Å². The standard InChI is InChI=1S/C29H39N3O8.C25H33N3O6.C5H11NO.C4H7ClO2.2CH4/c1-16(2)11-19(13-24(33)23-14-20-21(31-23)7-6-8-26(20)38-5)28(36)32-22(12-18-9-10-30-27(18)35)25(34)15-39-29(37)40-17(3)4;1-14(2)9-16(11-21(30)20-12-17-18(27-20)5-4-6-23(17)34-3)25(33)28-19(22(31)13-29)10-15-7-8-26-24(15)32;1-6-2-4-7-5-3-6;1-3(2)7-4(5)6;;/h6-8,14,16-19,22,31H,9-13,15H2,1-5H3,(H,30,35)(H,32,36);4-6,12,14-16,19,27,29H,7-11,13H2,1-3H3,(H,26,32)(H,28,33);2-5H2,1H3;3H,1-2H3;2*1H4/t18-,19+,22-;15-,16+,19-;;;;/m00..../s1. The number of aromatic amines is 2. The third kappa shape index (κ3) is 26.2. The van der Waals surface area contributed by atoms with E-state index < -0.39 is 90.0 Å². The zero-order valence-corrected chi connectivity index (χ0v) is 53.3. The van der Waals surface area contributed by atoms with Gasteiger partial charge in [-0.15, -0.1) is 0 Å². The Bertz CT molecular complexity index is 2990. The molecule has 4 aromatic rings. The van der Waals surface area contributed by atoms with Gasteiger partial charge in [0.2, 0.25) is 23.6 Å². The van der Waals surface area contributed by atoms with Gasteiger partial charge in [-0.05, 0) is 122 Å². The zero-order valence-electron chi connectivity index (χ0n) is 52.5. The number of ether oxygens (including phenoxy) is 6. The van der Waals surface area contributed by atoms with Crippen LogP contribution in [0.1, 0.15) is 143 Å². The number of ketones is 4. The molecule has 24 nitrogen and oxygen atoms in total. The van der Waals surface area contributed by atoms with Crippen molar-refractivity contribution in [1.82, 2.24) is 36.1 Å². The van der Waals surface area contributed by atoms with Crippen LogP contribution < -0.4 is 30.7 Å². The summed E-state index contributed by atoms with van der Waals surface area (Å²) in [6.45, 7) is 18.2. The van der Waals surface area contributed by atoms with E-state index in [0.717, 1.165) is 48.1 Å². The Morgan fingerprint density at radius 2 is 1.08 bits per heavy atom. The van der Waals surface area contributed by atoms with Crippen molar-refractivity contribution in [2.24, 2.45) is 35.5 Å². The highest BCUT2D eigenvalue weighted by Crippen LogP contribution is 2.30. The molecule has 2 aromatic heterocycles. The van der Waals surface area contributed by atoms with E-state index in [0.29, 0.717) is 61.7 Å². The lowest BCUT2D eigenvalue weighted by Gasteiger charge is -2.24. The van der Waals surface area contributed by atoms with Crippen molar-refractivity contribution in [3.05, 3.63) is 59.9 Å². The smallest absolute Gasteiger partial charge is 0.496 e. The molecule has 0 unspecified atom stereocenters. The number of hydrogen-bond acceptors (Lipinski definition) is 18. The van der Waals surface area contributed by atoms with Crippen LogP contribution in [0.2, 0.25) is 0 Å². The average Bonchev–Trinajstić information content (AvgIpc) is 1.82. The molecule has 0 saturated carbocycles. The first-order valence-corrected chi connectivity index (χ1v) is 30.3. The number of carbonyl (C=O) groups is 10. The number of nitrogens with one attached hydrogen (secondary N) is 6. The van der Waals surface area contributed by atoms with Gasteiger partial charge in [0, 0.05) is 96.1 Å². The fourth-order valence-electron chi connectivity index (χ4n) is 10.1.